The summed E-state index contributed by atoms with van der Waals surface area (Å²) in [6.45, 7) is 3.68. The third-order valence-corrected chi connectivity index (χ3v) is 2.56. The first-order valence-electron chi connectivity index (χ1n) is 5.51. The Bertz CT molecular complexity index is 603. The van der Waals surface area contributed by atoms with Crippen LogP contribution in [-0.4, -0.2) is 20.7 Å². The lowest BCUT2D eigenvalue weighted by atomic mass is 10.2. The average Bonchev–Trinajstić information content (AvgIpc) is 2.57. The molecule has 0 saturated heterocycles. The molecule has 2 rings (SSSR count). The molecule has 6 nitrogen and oxygen atoms in total. The summed E-state index contributed by atoms with van der Waals surface area (Å²) in [6.07, 6.45) is 1.48. The molecule has 6 heteroatoms. The minimum atomic E-state index is -0.289. The number of anilines is 2. The zero-order valence-corrected chi connectivity index (χ0v) is 10.6. The zero-order chi connectivity index (χ0) is 13.3. The Morgan fingerprint density at radius 3 is 2.61 bits per heavy atom. The zero-order valence-electron chi connectivity index (χ0n) is 10.6. The monoisotopic (exact) mass is 245 g/mol. The molecular formula is C12H15N5O. The van der Waals surface area contributed by atoms with Crippen LogP contribution in [0.2, 0.25) is 0 Å². The van der Waals surface area contributed by atoms with E-state index < -0.39 is 0 Å². The van der Waals surface area contributed by atoms with Gasteiger partial charge in [0.05, 0.1) is 11.3 Å². The van der Waals surface area contributed by atoms with Crippen LogP contribution in [0.15, 0.2) is 18.3 Å². The van der Waals surface area contributed by atoms with Gasteiger partial charge in [0.2, 0.25) is 0 Å². The van der Waals surface area contributed by atoms with E-state index in [2.05, 4.69) is 15.4 Å². The largest absolute Gasteiger partial charge is 0.398 e. The maximum absolute atomic E-state index is 12.0. The highest BCUT2D eigenvalue weighted by Crippen LogP contribution is 2.15. The molecule has 2 aromatic heterocycles. The molecule has 0 saturated carbocycles. The molecule has 94 valence electrons. The highest BCUT2D eigenvalue weighted by atomic mass is 16.1. The SMILES string of the molecule is Cc1cc(N)c(C(=O)Nc2cc(C)nn2C)cn1. The van der Waals surface area contributed by atoms with Gasteiger partial charge in [-0.25, -0.2) is 0 Å². The van der Waals surface area contributed by atoms with Crippen LogP contribution in [0.4, 0.5) is 11.5 Å². The van der Waals surface area contributed by atoms with Gasteiger partial charge in [-0.15, -0.1) is 0 Å². The lowest BCUT2D eigenvalue weighted by molar-refractivity contribution is 0.102. The molecule has 0 bridgehead atoms. The molecule has 0 spiro atoms. The van der Waals surface area contributed by atoms with Crippen LogP contribution in [0.1, 0.15) is 21.7 Å². The number of amides is 1. The molecule has 0 atom stereocenters. The molecule has 0 aliphatic rings. The Kier molecular flexibility index (Phi) is 3.01. The molecule has 3 N–H and O–H groups in total. The highest BCUT2D eigenvalue weighted by molar-refractivity contribution is 6.07. The van der Waals surface area contributed by atoms with Crippen molar-refractivity contribution >= 4 is 17.4 Å². The predicted octanol–water partition coefficient (Wildman–Crippen LogP) is 1.27. The Morgan fingerprint density at radius 1 is 1.33 bits per heavy atom. The summed E-state index contributed by atoms with van der Waals surface area (Å²) >= 11 is 0. The van der Waals surface area contributed by atoms with E-state index in [1.165, 1.54) is 6.20 Å². The number of nitrogens with two attached hydrogens (primary N) is 1. The van der Waals surface area contributed by atoms with Gasteiger partial charge in [-0.1, -0.05) is 0 Å². The molecule has 0 aromatic carbocycles. The third-order valence-electron chi connectivity index (χ3n) is 2.56. The third kappa shape index (κ3) is 2.32. The lowest BCUT2D eigenvalue weighted by Crippen LogP contribution is -2.16. The van der Waals surface area contributed by atoms with Gasteiger partial charge in [-0.3, -0.25) is 14.5 Å². The van der Waals surface area contributed by atoms with Gasteiger partial charge in [-0.05, 0) is 19.9 Å². The number of hydrogen-bond acceptors (Lipinski definition) is 4. The Balaban J connectivity index is 2.24. The minimum absolute atomic E-state index is 0.289. The molecule has 1 amide bonds. The van der Waals surface area contributed by atoms with Crippen LogP contribution in [-0.2, 0) is 7.05 Å². The van der Waals surface area contributed by atoms with E-state index in [0.29, 0.717) is 17.1 Å². The average molecular weight is 245 g/mol. The second-order valence-corrected chi connectivity index (χ2v) is 4.16. The van der Waals surface area contributed by atoms with Crippen LogP contribution in [0.25, 0.3) is 0 Å². The van der Waals surface area contributed by atoms with Gasteiger partial charge >= 0.3 is 0 Å². The quantitative estimate of drug-likeness (QED) is 0.834. The summed E-state index contributed by atoms with van der Waals surface area (Å²) in [4.78, 5) is 16.1. The Morgan fingerprint density at radius 2 is 2.06 bits per heavy atom. The van der Waals surface area contributed by atoms with E-state index in [1.807, 2.05) is 13.8 Å². The number of aryl methyl sites for hydroxylation is 3. The molecule has 0 aliphatic carbocycles. The van der Waals surface area contributed by atoms with Gasteiger partial charge < -0.3 is 11.1 Å². The fraction of sp³-hybridized carbons (Fsp3) is 0.250. The number of nitrogens with zero attached hydrogens (tertiary/aromatic N) is 3. The maximum atomic E-state index is 12.0. The van der Waals surface area contributed by atoms with E-state index >= 15 is 0 Å². The first kappa shape index (κ1) is 12.1. The van der Waals surface area contributed by atoms with Crippen molar-refractivity contribution in [3.8, 4) is 0 Å². The smallest absolute Gasteiger partial charge is 0.260 e. The van der Waals surface area contributed by atoms with Crippen molar-refractivity contribution in [2.24, 2.45) is 7.05 Å². The van der Waals surface area contributed by atoms with Crippen molar-refractivity contribution in [1.29, 1.82) is 0 Å². The lowest BCUT2D eigenvalue weighted by Gasteiger charge is -2.07. The number of nitrogens with one attached hydrogen (secondary N) is 1. The minimum Gasteiger partial charge on any atom is -0.398 e. The first-order chi connectivity index (χ1) is 8.47. The van der Waals surface area contributed by atoms with Crippen molar-refractivity contribution < 1.29 is 4.79 Å². The number of rotatable bonds is 2. The second kappa shape index (κ2) is 4.48. The molecular weight excluding hydrogens is 230 g/mol. The number of pyridine rings is 1. The molecule has 0 fully saturated rings. The van der Waals surface area contributed by atoms with Crippen molar-refractivity contribution in [3.63, 3.8) is 0 Å². The molecule has 0 radical (unpaired) electrons. The van der Waals surface area contributed by atoms with Crippen molar-refractivity contribution in [3.05, 3.63) is 35.3 Å². The summed E-state index contributed by atoms with van der Waals surface area (Å²) < 4.78 is 1.60. The van der Waals surface area contributed by atoms with Crippen LogP contribution in [0.5, 0.6) is 0 Å². The molecule has 0 aliphatic heterocycles. The van der Waals surface area contributed by atoms with E-state index in [4.69, 9.17) is 5.73 Å². The van der Waals surface area contributed by atoms with Crippen LogP contribution in [0, 0.1) is 13.8 Å². The van der Waals surface area contributed by atoms with Crippen LogP contribution < -0.4 is 11.1 Å². The topological polar surface area (TPSA) is 85.8 Å². The Labute approximate surface area is 105 Å². The maximum Gasteiger partial charge on any atom is 0.260 e. The molecule has 0 unspecified atom stereocenters. The number of hydrogen-bond donors (Lipinski definition) is 2. The molecule has 2 aromatic rings. The summed E-state index contributed by atoms with van der Waals surface area (Å²) in [5.41, 5.74) is 8.19. The van der Waals surface area contributed by atoms with Crippen molar-refractivity contribution in [2.75, 3.05) is 11.1 Å². The predicted molar refractivity (Wildman–Crippen MR) is 69.3 cm³/mol. The van der Waals surface area contributed by atoms with Gasteiger partial charge in [0.1, 0.15) is 5.82 Å². The standard InChI is InChI=1S/C12H15N5O/c1-7-4-10(13)9(6-14-7)12(18)15-11-5-8(2)16-17(11)3/h4-6H,1-3H3,(H2,13,14)(H,15,18). The van der Waals surface area contributed by atoms with Crippen molar-refractivity contribution in [2.45, 2.75) is 13.8 Å². The van der Waals surface area contributed by atoms with Crippen LogP contribution in [0.3, 0.4) is 0 Å². The van der Waals surface area contributed by atoms with Gasteiger partial charge in [0.15, 0.2) is 0 Å². The van der Waals surface area contributed by atoms with E-state index in [-0.39, 0.29) is 5.91 Å². The van der Waals surface area contributed by atoms with E-state index in [9.17, 15) is 4.79 Å². The van der Waals surface area contributed by atoms with Gasteiger partial charge in [0.25, 0.3) is 5.91 Å². The summed E-state index contributed by atoms with van der Waals surface area (Å²) in [5, 5.41) is 6.90. The summed E-state index contributed by atoms with van der Waals surface area (Å²) in [7, 11) is 1.76. The van der Waals surface area contributed by atoms with Gasteiger partial charge in [-0.2, -0.15) is 5.10 Å². The fourth-order valence-electron chi connectivity index (χ4n) is 1.68. The summed E-state index contributed by atoms with van der Waals surface area (Å²) in [6, 6.07) is 3.46. The molecule has 18 heavy (non-hydrogen) atoms. The highest BCUT2D eigenvalue weighted by Gasteiger charge is 2.12. The summed E-state index contributed by atoms with van der Waals surface area (Å²) in [5.74, 6) is 0.334. The van der Waals surface area contributed by atoms with E-state index in [0.717, 1.165) is 11.4 Å². The van der Waals surface area contributed by atoms with E-state index in [1.54, 1.807) is 23.9 Å². The second-order valence-electron chi connectivity index (χ2n) is 4.16. The number of carbonyl (C=O) groups is 1. The number of carbonyl (C=O) groups excluding carboxylic acids is 1. The first-order valence-corrected chi connectivity index (χ1v) is 5.51. The Hall–Kier alpha value is -2.37. The van der Waals surface area contributed by atoms with Crippen molar-refractivity contribution in [1.82, 2.24) is 14.8 Å². The normalized spacial score (nSPS) is 10.4. The molecule has 2 heterocycles. The number of aromatic nitrogens is 3. The van der Waals surface area contributed by atoms with Crippen LogP contribution >= 0.6 is 0 Å². The fourth-order valence-corrected chi connectivity index (χ4v) is 1.68. The van der Waals surface area contributed by atoms with Gasteiger partial charge in [0, 0.05) is 30.7 Å². The number of nitrogen functional groups attached to an aromatic ring is 1.